The van der Waals surface area contributed by atoms with Gasteiger partial charge in [0.25, 0.3) is 5.91 Å². The van der Waals surface area contributed by atoms with Crippen LogP contribution in [0.3, 0.4) is 0 Å². The molecule has 186 valence electrons. The molecule has 1 aromatic carbocycles. The van der Waals surface area contributed by atoms with E-state index >= 15 is 0 Å². The number of anilines is 1. The fourth-order valence-electron chi connectivity index (χ4n) is 3.92. The SMILES string of the molecule is C[C@H]1[C@@H](c2ccc(F)c(F)c2OC(F)F)[C@H](C(=O)Nc2ccc(=O)n(C)c2)O[C@@]1(C)C(F)(F)F. The van der Waals surface area contributed by atoms with Crippen LogP contribution in [0.25, 0.3) is 0 Å². The van der Waals surface area contributed by atoms with Gasteiger partial charge in [-0.25, -0.2) is 4.39 Å². The standard InChI is InChI=1S/C21H19F7N2O4/c1-9-14(11-5-6-12(22)15(23)16(11)33-19(24)25)17(34-20(9,2)21(26,27)28)18(32)29-10-4-7-13(31)30(3)8-10/h4-9,14,17,19H,1-3H3,(H,29,32)/t9-,14-,17+,20+/m0/s1. The van der Waals surface area contributed by atoms with Crippen molar-refractivity contribution in [2.45, 2.75) is 44.3 Å². The molecule has 1 fully saturated rings. The summed E-state index contributed by atoms with van der Waals surface area (Å²) >= 11 is 0. The molecule has 0 saturated carbocycles. The van der Waals surface area contributed by atoms with Crippen LogP contribution in [0.4, 0.5) is 36.4 Å². The normalized spacial score (nSPS) is 25.0. The van der Waals surface area contributed by atoms with Crippen LogP contribution in [-0.2, 0) is 16.6 Å². The summed E-state index contributed by atoms with van der Waals surface area (Å²) in [6.07, 6.45) is -5.79. The van der Waals surface area contributed by atoms with Crippen molar-refractivity contribution in [2.24, 2.45) is 13.0 Å². The van der Waals surface area contributed by atoms with E-state index in [1.807, 2.05) is 0 Å². The van der Waals surface area contributed by atoms with Gasteiger partial charge in [-0.3, -0.25) is 9.59 Å². The first-order chi connectivity index (χ1) is 15.7. The molecule has 1 amide bonds. The highest BCUT2D eigenvalue weighted by Gasteiger charge is 2.66. The number of halogens is 7. The number of benzene rings is 1. The summed E-state index contributed by atoms with van der Waals surface area (Å²) in [5, 5.41) is 2.30. The van der Waals surface area contributed by atoms with Crippen molar-refractivity contribution in [1.29, 1.82) is 0 Å². The summed E-state index contributed by atoms with van der Waals surface area (Å²) in [5.41, 5.74) is -3.95. The van der Waals surface area contributed by atoms with Gasteiger partial charge in [-0.15, -0.1) is 0 Å². The van der Waals surface area contributed by atoms with E-state index in [-0.39, 0.29) is 5.69 Å². The van der Waals surface area contributed by atoms with E-state index in [1.54, 1.807) is 0 Å². The first kappa shape index (κ1) is 25.5. The molecule has 0 bridgehead atoms. The first-order valence-corrected chi connectivity index (χ1v) is 9.82. The number of ether oxygens (including phenoxy) is 2. The maximum Gasteiger partial charge on any atom is 0.417 e. The number of rotatable bonds is 5. The van der Waals surface area contributed by atoms with Crippen LogP contribution in [0.5, 0.6) is 5.75 Å². The second kappa shape index (κ2) is 8.93. The molecule has 1 aliphatic rings. The molecular weight excluding hydrogens is 477 g/mol. The zero-order chi connectivity index (χ0) is 25.6. The molecule has 0 radical (unpaired) electrons. The molecule has 1 aromatic heterocycles. The van der Waals surface area contributed by atoms with E-state index in [0.29, 0.717) is 13.0 Å². The maximum absolute atomic E-state index is 14.4. The first-order valence-electron chi connectivity index (χ1n) is 9.82. The lowest BCUT2D eigenvalue weighted by Gasteiger charge is -2.32. The number of alkyl halides is 5. The number of nitrogens with one attached hydrogen (secondary N) is 1. The fourth-order valence-corrected chi connectivity index (χ4v) is 3.92. The predicted octanol–water partition coefficient (Wildman–Crippen LogP) is 4.34. The van der Waals surface area contributed by atoms with Crippen molar-refractivity contribution in [3.63, 3.8) is 0 Å². The molecule has 2 aromatic rings. The van der Waals surface area contributed by atoms with Crippen molar-refractivity contribution < 1.29 is 45.0 Å². The average Bonchev–Trinajstić information content (AvgIpc) is 3.00. The van der Waals surface area contributed by atoms with E-state index in [9.17, 15) is 40.3 Å². The Bertz CT molecular complexity index is 1150. The second-order valence-electron chi connectivity index (χ2n) is 7.97. The van der Waals surface area contributed by atoms with Crippen molar-refractivity contribution in [3.05, 3.63) is 58.0 Å². The molecule has 6 nitrogen and oxygen atoms in total. The summed E-state index contributed by atoms with van der Waals surface area (Å²) < 4.78 is 106. The monoisotopic (exact) mass is 496 g/mol. The molecule has 0 aliphatic carbocycles. The topological polar surface area (TPSA) is 69.6 Å². The summed E-state index contributed by atoms with van der Waals surface area (Å²) in [6.45, 7) is -1.91. The Morgan fingerprint density at radius 1 is 1.21 bits per heavy atom. The highest BCUT2D eigenvalue weighted by molar-refractivity contribution is 5.95. The minimum atomic E-state index is -5.02. The van der Waals surface area contributed by atoms with E-state index in [1.165, 1.54) is 19.3 Å². The van der Waals surface area contributed by atoms with E-state index in [4.69, 9.17) is 4.74 Å². The van der Waals surface area contributed by atoms with Crippen LogP contribution >= 0.6 is 0 Å². The third kappa shape index (κ3) is 4.48. The Balaban J connectivity index is 2.12. The number of aryl methyl sites for hydroxylation is 1. The number of aromatic nitrogens is 1. The van der Waals surface area contributed by atoms with Crippen molar-refractivity contribution in [3.8, 4) is 5.75 Å². The highest BCUT2D eigenvalue weighted by atomic mass is 19.4. The molecule has 1 saturated heterocycles. The molecule has 13 heteroatoms. The van der Waals surface area contributed by atoms with Crippen molar-refractivity contribution >= 4 is 11.6 Å². The molecule has 1 aliphatic heterocycles. The van der Waals surface area contributed by atoms with E-state index < -0.39 is 70.7 Å². The van der Waals surface area contributed by atoms with Gasteiger partial charge in [0.15, 0.2) is 17.2 Å². The van der Waals surface area contributed by atoms with Crippen LogP contribution in [0.15, 0.2) is 35.3 Å². The molecule has 3 rings (SSSR count). The van der Waals surface area contributed by atoms with E-state index in [0.717, 1.165) is 23.6 Å². The number of pyridine rings is 1. The Labute approximate surface area is 188 Å². The largest absolute Gasteiger partial charge is 0.431 e. The van der Waals surface area contributed by atoms with Crippen molar-refractivity contribution in [1.82, 2.24) is 4.57 Å². The van der Waals surface area contributed by atoms with Gasteiger partial charge < -0.3 is 19.4 Å². The van der Waals surface area contributed by atoms with Gasteiger partial charge in [0.2, 0.25) is 11.4 Å². The van der Waals surface area contributed by atoms with Gasteiger partial charge in [-0.05, 0) is 19.1 Å². The molecule has 1 N–H and O–H groups in total. The number of carbonyl (C=O) groups is 1. The van der Waals surface area contributed by atoms with Crippen LogP contribution < -0.4 is 15.6 Å². The van der Waals surface area contributed by atoms with Gasteiger partial charge in [0.05, 0.1) is 5.69 Å². The lowest BCUT2D eigenvalue weighted by molar-refractivity contribution is -0.272. The summed E-state index contributed by atoms with van der Waals surface area (Å²) in [6, 6.07) is 3.59. The third-order valence-corrected chi connectivity index (χ3v) is 5.93. The highest BCUT2D eigenvalue weighted by Crippen LogP contribution is 2.55. The second-order valence-corrected chi connectivity index (χ2v) is 7.97. The zero-order valence-electron chi connectivity index (χ0n) is 17.9. The predicted molar refractivity (Wildman–Crippen MR) is 105 cm³/mol. The number of hydrogen-bond donors (Lipinski definition) is 1. The lowest BCUT2D eigenvalue weighted by atomic mass is 9.77. The Hall–Kier alpha value is -3.09. The van der Waals surface area contributed by atoms with Crippen LogP contribution in [-0.4, -0.2) is 35.0 Å². The van der Waals surface area contributed by atoms with Crippen molar-refractivity contribution in [2.75, 3.05) is 5.32 Å². The molecule has 0 unspecified atom stereocenters. The zero-order valence-corrected chi connectivity index (χ0v) is 17.9. The van der Waals surface area contributed by atoms with Crippen LogP contribution in [0, 0.1) is 17.6 Å². The fraction of sp³-hybridized carbons (Fsp3) is 0.429. The van der Waals surface area contributed by atoms with Gasteiger partial charge in [-0.1, -0.05) is 13.0 Å². The number of amides is 1. The Morgan fingerprint density at radius 2 is 1.85 bits per heavy atom. The molecule has 0 spiro atoms. The number of carbonyl (C=O) groups excluding carboxylic acids is 1. The summed E-state index contributed by atoms with van der Waals surface area (Å²) in [4.78, 5) is 24.5. The third-order valence-electron chi connectivity index (χ3n) is 5.93. The lowest BCUT2D eigenvalue weighted by Crippen LogP contribution is -2.47. The Morgan fingerprint density at radius 3 is 2.41 bits per heavy atom. The van der Waals surface area contributed by atoms with Crippen LogP contribution in [0.2, 0.25) is 0 Å². The molecular formula is C21H19F7N2O4. The van der Waals surface area contributed by atoms with Gasteiger partial charge in [0.1, 0.15) is 6.10 Å². The smallest absolute Gasteiger partial charge is 0.417 e. The minimum absolute atomic E-state index is 0.0251. The quantitative estimate of drug-likeness (QED) is 0.626. The summed E-state index contributed by atoms with van der Waals surface area (Å²) in [7, 11) is 1.37. The molecule has 2 heterocycles. The van der Waals surface area contributed by atoms with Gasteiger partial charge in [-0.2, -0.15) is 26.3 Å². The molecule has 4 atom stereocenters. The average molecular weight is 496 g/mol. The number of hydrogen-bond acceptors (Lipinski definition) is 4. The number of nitrogens with zero attached hydrogens (tertiary/aromatic N) is 1. The Kier molecular flexibility index (Phi) is 6.71. The van der Waals surface area contributed by atoms with Crippen LogP contribution in [0.1, 0.15) is 25.3 Å². The van der Waals surface area contributed by atoms with Gasteiger partial charge in [0, 0.05) is 36.7 Å². The van der Waals surface area contributed by atoms with E-state index in [2.05, 4.69) is 10.1 Å². The van der Waals surface area contributed by atoms with Gasteiger partial charge >= 0.3 is 12.8 Å². The maximum atomic E-state index is 14.4. The summed E-state index contributed by atoms with van der Waals surface area (Å²) in [5.74, 6) is -9.15. The minimum Gasteiger partial charge on any atom is -0.431 e. The molecule has 34 heavy (non-hydrogen) atoms.